The second-order valence-electron chi connectivity index (χ2n) is 3.21. The molecule has 0 unspecified atom stereocenters. The predicted molar refractivity (Wildman–Crippen MR) is 49.9 cm³/mol. The SMILES string of the molecule is Cc1[c]cn(-c2ccc(C(F)(F)F)cn2)n1. The lowest BCUT2D eigenvalue weighted by atomic mass is 10.3. The summed E-state index contributed by atoms with van der Waals surface area (Å²) in [6.45, 7) is 1.74. The average molecular weight is 226 g/mol. The molecular weight excluding hydrogens is 219 g/mol. The Morgan fingerprint density at radius 1 is 1.31 bits per heavy atom. The molecule has 0 saturated heterocycles. The minimum Gasteiger partial charge on any atom is -0.237 e. The van der Waals surface area contributed by atoms with Crippen molar-refractivity contribution in [1.29, 1.82) is 0 Å². The van der Waals surface area contributed by atoms with E-state index >= 15 is 0 Å². The molecule has 6 heteroatoms. The number of hydrogen-bond acceptors (Lipinski definition) is 2. The van der Waals surface area contributed by atoms with Gasteiger partial charge in [-0.2, -0.15) is 18.3 Å². The maximum Gasteiger partial charge on any atom is 0.417 e. The lowest BCUT2D eigenvalue weighted by molar-refractivity contribution is -0.137. The molecule has 0 aromatic carbocycles. The number of alkyl halides is 3. The summed E-state index contributed by atoms with van der Waals surface area (Å²) in [5.74, 6) is 0.331. The van der Waals surface area contributed by atoms with Gasteiger partial charge in [-0.3, -0.25) is 0 Å². The van der Waals surface area contributed by atoms with Crippen LogP contribution in [-0.4, -0.2) is 14.8 Å². The van der Waals surface area contributed by atoms with E-state index in [0.717, 1.165) is 12.3 Å². The van der Waals surface area contributed by atoms with Gasteiger partial charge < -0.3 is 0 Å². The minimum atomic E-state index is -4.36. The number of aromatic nitrogens is 3. The number of pyridine rings is 1. The van der Waals surface area contributed by atoms with Gasteiger partial charge in [0.05, 0.1) is 11.3 Å². The second-order valence-corrected chi connectivity index (χ2v) is 3.21. The summed E-state index contributed by atoms with van der Waals surface area (Å²) >= 11 is 0. The van der Waals surface area contributed by atoms with Crippen molar-refractivity contribution in [1.82, 2.24) is 14.8 Å². The summed E-state index contributed by atoms with van der Waals surface area (Å²) in [6, 6.07) is 5.04. The first-order valence-corrected chi connectivity index (χ1v) is 4.44. The van der Waals surface area contributed by atoms with Crippen molar-refractivity contribution in [3.8, 4) is 5.82 Å². The molecule has 3 nitrogen and oxygen atoms in total. The summed E-state index contributed by atoms with van der Waals surface area (Å²) in [6.07, 6.45) is -2.06. The lowest BCUT2D eigenvalue weighted by Crippen LogP contribution is -2.07. The molecule has 0 bridgehead atoms. The largest absolute Gasteiger partial charge is 0.417 e. The first-order valence-electron chi connectivity index (χ1n) is 4.44. The quantitative estimate of drug-likeness (QED) is 0.747. The Hall–Kier alpha value is -1.85. The maximum absolute atomic E-state index is 12.3. The molecule has 0 fully saturated rings. The van der Waals surface area contributed by atoms with Gasteiger partial charge in [0, 0.05) is 18.5 Å². The Morgan fingerprint density at radius 2 is 2.06 bits per heavy atom. The van der Waals surface area contributed by atoms with Crippen molar-refractivity contribution in [3.63, 3.8) is 0 Å². The minimum absolute atomic E-state index is 0.331. The molecule has 0 spiro atoms. The van der Waals surface area contributed by atoms with E-state index in [9.17, 15) is 13.2 Å². The van der Waals surface area contributed by atoms with E-state index < -0.39 is 11.7 Å². The third-order valence-corrected chi connectivity index (χ3v) is 1.96. The van der Waals surface area contributed by atoms with E-state index in [0.29, 0.717) is 11.5 Å². The molecule has 0 aliphatic carbocycles. The van der Waals surface area contributed by atoms with Gasteiger partial charge in [-0.05, 0) is 19.1 Å². The van der Waals surface area contributed by atoms with E-state index in [4.69, 9.17) is 0 Å². The van der Waals surface area contributed by atoms with Crippen LogP contribution < -0.4 is 0 Å². The van der Waals surface area contributed by atoms with E-state index in [1.54, 1.807) is 6.92 Å². The number of nitrogens with zero attached hydrogens (tertiary/aromatic N) is 3. The standard InChI is InChI=1S/C10H7F3N3/c1-7-4-5-16(15-7)9-3-2-8(6-14-9)10(11,12)13/h2-3,5-6H,1H3. The number of halogens is 3. The van der Waals surface area contributed by atoms with Crippen molar-refractivity contribution in [2.75, 3.05) is 0 Å². The molecule has 0 saturated carbocycles. The zero-order valence-electron chi connectivity index (χ0n) is 8.28. The van der Waals surface area contributed by atoms with Gasteiger partial charge in [0.2, 0.25) is 0 Å². The van der Waals surface area contributed by atoms with Gasteiger partial charge in [0.25, 0.3) is 0 Å². The Balaban J connectivity index is 2.33. The van der Waals surface area contributed by atoms with E-state index in [2.05, 4.69) is 16.1 Å². The number of aryl methyl sites for hydroxylation is 1. The van der Waals surface area contributed by atoms with Crippen LogP contribution in [0.2, 0.25) is 0 Å². The average Bonchev–Trinajstić information content (AvgIpc) is 2.64. The fraction of sp³-hybridized carbons (Fsp3) is 0.200. The third-order valence-electron chi connectivity index (χ3n) is 1.96. The van der Waals surface area contributed by atoms with Crippen LogP contribution in [0.25, 0.3) is 5.82 Å². The van der Waals surface area contributed by atoms with Crippen LogP contribution in [0.15, 0.2) is 24.5 Å². The molecule has 1 radical (unpaired) electrons. The fourth-order valence-corrected chi connectivity index (χ4v) is 1.18. The summed E-state index contributed by atoms with van der Waals surface area (Å²) < 4.78 is 38.1. The van der Waals surface area contributed by atoms with E-state index in [1.165, 1.54) is 16.9 Å². The Bertz CT molecular complexity index is 485. The number of rotatable bonds is 1. The molecule has 2 aromatic rings. The Labute approximate surface area is 89.5 Å². The van der Waals surface area contributed by atoms with Gasteiger partial charge in [0.15, 0.2) is 5.82 Å². The van der Waals surface area contributed by atoms with Crippen LogP contribution >= 0.6 is 0 Å². The molecule has 2 aromatic heterocycles. The van der Waals surface area contributed by atoms with Crippen molar-refractivity contribution in [2.45, 2.75) is 13.1 Å². The zero-order chi connectivity index (χ0) is 11.8. The molecule has 2 heterocycles. The topological polar surface area (TPSA) is 30.7 Å². The Kier molecular flexibility index (Phi) is 2.41. The van der Waals surface area contributed by atoms with Crippen LogP contribution in [0.4, 0.5) is 13.2 Å². The van der Waals surface area contributed by atoms with E-state index in [-0.39, 0.29) is 0 Å². The summed E-state index contributed by atoms with van der Waals surface area (Å²) in [4.78, 5) is 3.69. The summed E-state index contributed by atoms with van der Waals surface area (Å²) in [7, 11) is 0. The molecular formula is C10H7F3N3. The first kappa shape index (κ1) is 10.7. The molecule has 83 valence electrons. The molecule has 0 aliphatic rings. The van der Waals surface area contributed by atoms with Crippen molar-refractivity contribution >= 4 is 0 Å². The van der Waals surface area contributed by atoms with Crippen LogP contribution in [0, 0.1) is 13.0 Å². The van der Waals surface area contributed by atoms with Crippen molar-refractivity contribution in [3.05, 3.63) is 41.9 Å². The highest BCUT2D eigenvalue weighted by molar-refractivity contribution is 5.26. The van der Waals surface area contributed by atoms with Crippen molar-refractivity contribution in [2.24, 2.45) is 0 Å². The van der Waals surface area contributed by atoms with Gasteiger partial charge in [-0.25, -0.2) is 9.67 Å². The molecule has 0 amide bonds. The zero-order valence-corrected chi connectivity index (χ0v) is 8.28. The van der Waals surface area contributed by atoms with Gasteiger partial charge >= 0.3 is 6.18 Å². The fourth-order valence-electron chi connectivity index (χ4n) is 1.18. The van der Waals surface area contributed by atoms with Gasteiger partial charge in [-0.1, -0.05) is 0 Å². The van der Waals surface area contributed by atoms with Crippen LogP contribution in [0.5, 0.6) is 0 Å². The summed E-state index contributed by atoms with van der Waals surface area (Å²) in [5, 5.41) is 3.99. The lowest BCUT2D eigenvalue weighted by Gasteiger charge is -2.06. The van der Waals surface area contributed by atoms with Crippen LogP contribution in [0.1, 0.15) is 11.3 Å². The highest BCUT2D eigenvalue weighted by Crippen LogP contribution is 2.28. The van der Waals surface area contributed by atoms with Crippen LogP contribution in [0.3, 0.4) is 0 Å². The molecule has 0 aliphatic heterocycles. The second kappa shape index (κ2) is 3.62. The monoisotopic (exact) mass is 226 g/mol. The van der Waals surface area contributed by atoms with Crippen LogP contribution in [-0.2, 0) is 6.18 Å². The van der Waals surface area contributed by atoms with Gasteiger partial charge in [0.1, 0.15) is 0 Å². The van der Waals surface area contributed by atoms with E-state index in [1.807, 2.05) is 0 Å². The molecule has 2 rings (SSSR count). The highest BCUT2D eigenvalue weighted by Gasteiger charge is 2.30. The number of hydrogen-bond donors (Lipinski definition) is 0. The predicted octanol–water partition coefficient (Wildman–Crippen LogP) is 2.39. The first-order chi connectivity index (χ1) is 7.47. The normalized spacial score (nSPS) is 11.8. The molecule has 0 atom stereocenters. The molecule has 0 N–H and O–H groups in total. The maximum atomic E-state index is 12.3. The third kappa shape index (κ3) is 2.05. The smallest absolute Gasteiger partial charge is 0.237 e. The van der Waals surface area contributed by atoms with Gasteiger partial charge in [-0.15, -0.1) is 0 Å². The Morgan fingerprint density at radius 3 is 2.50 bits per heavy atom. The highest BCUT2D eigenvalue weighted by atomic mass is 19.4. The molecule has 16 heavy (non-hydrogen) atoms. The summed E-state index contributed by atoms with van der Waals surface area (Å²) in [5.41, 5.74) is -0.120. The van der Waals surface area contributed by atoms with Crippen molar-refractivity contribution < 1.29 is 13.2 Å².